The van der Waals surface area contributed by atoms with E-state index in [1.807, 2.05) is 4.90 Å². The number of morpholine rings is 1. The van der Waals surface area contributed by atoms with Gasteiger partial charge in [0.05, 0.1) is 30.9 Å². The van der Waals surface area contributed by atoms with Crippen LogP contribution in [0, 0.1) is 5.92 Å². The van der Waals surface area contributed by atoms with Gasteiger partial charge in [0.2, 0.25) is 11.8 Å². The number of benzene rings is 1. The van der Waals surface area contributed by atoms with Crippen molar-refractivity contribution in [3.63, 3.8) is 0 Å². The maximum Gasteiger partial charge on any atom is 0.246 e. The quantitative estimate of drug-likeness (QED) is 0.762. The molecule has 2 amide bonds. The Labute approximate surface area is 191 Å². The van der Waals surface area contributed by atoms with Crippen molar-refractivity contribution in [1.29, 1.82) is 0 Å². The maximum absolute atomic E-state index is 13.3. The van der Waals surface area contributed by atoms with Gasteiger partial charge in [-0.25, -0.2) is 0 Å². The van der Waals surface area contributed by atoms with Crippen LogP contribution in [0.2, 0.25) is 0 Å². The molecule has 1 aromatic rings. The molecule has 2 aliphatic heterocycles. The Balaban J connectivity index is 1.26. The smallest absolute Gasteiger partial charge is 0.246 e. The molecule has 0 unspecified atom stereocenters. The van der Waals surface area contributed by atoms with Crippen molar-refractivity contribution in [3.8, 4) is 0 Å². The van der Waals surface area contributed by atoms with Crippen LogP contribution in [0.4, 0.5) is 0 Å². The van der Waals surface area contributed by atoms with Gasteiger partial charge in [-0.3, -0.25) is 9.59 Å². The molecule has 1 N–H and O–H groups in total. The van der Waals surface area contributed by atoms with E-state index in [1.165, 1.54) is 5.56 Å². The van der Waals surface area contributed by atoms with Gasteiger partial charge in [-0.1, -0.05) is 36.8 Å². The van der Waals surface area contributed by atoms with Crippen molar-refractivity contribution in [2.24, 2.45) is 5.92 Å². The summed E-state index contributed by atoms with van der Waals surface area (Å²) in [7, 11) is 0. The van der Waals surface area contributed by atoms with E-state index in [0.29, 0.717) is 19.1 Å². The highest BCUT2D eigenvalue weighted by Gasteiger charge is 2.56. The number of nitrogens with zero attached hydrogens (tertiary/aromatic N) is 1. The Kier molecular flexibility index (Phi) is 6.26. The Morgan fingerprint density at radius 3 is 2.56 bits per heavy atom. The van der Waals surface area contributed by atoms with Gasteiger partial charge in [-0.15, -0.1) is 0 Å². The van der Waals surface area contributed by atoms with Gasteiger partial charge >= 0.3 is 0 Å². The number of hydrogen-bond acceptors (Lipinski definition) is 4. The Bertz CT molecular complexity index is 818. The normalized spacial score (nSPS) is 35.5. The fourth-order valence-electron chi connectivity index (χ4n) is 6.29. The number of carbonyl (C=O) groups excluding carboxylic acids is 2. The molecule has 2 heterocycles. The molecule has 6 heteroatoms. The molecule has 0 aromatic heterocycles. The lowest BCUT2D eigenvalue weighted by molar-refractivity contribution is -0.148. The molecular weight excluding hydrogens is 404 g/mol. The number of nitrogens with one attached hydrogen (secondary N) is 1. The van der Waals surface area contributed by atoms with Gasteiger partial charge in [0, 0.05) is 12.0 Å². The molecule has 1 aromatic carbocycles. The van der Waals surface area contributed by atoms with Crippen LogP contribution in [0.3, 0.4) is 0 Å². The van der Waals surface area contributed by atoms with E-state index in [2.05, 4.69) is 42.6 Å². The zero-order valence-electron chi connectivity index (χ0n) is 19.1. The van der Waals surface area contributed by atoms with Crippen LogP contribution >= 0.6 is 0 Å². The summed E-state index contributed by atoms with van der Waals surface area (Å²) in [5, 5.41) is 3.21. The molecule has 174 valence electrons. The number of carbonyl (C=O) groups is 2. The molecule has 1 spiro atoms. The van der Waals surface area contributed by atoms with E-state index < -0.39 is 5.54 Å². The van der Waals surface area contributed by atoms with Gasteiger partial charge in [-0.05, 0) is 63.4 Å². The molecule has 4 fully saturated rings. The second-order valence-corrected chi connectivity index (χ2v) is 10.4. The second-order valence-electron chi connectivity index (χ2n) is 10.4. The molecule has 0 bridgehead atoms. The molecule has 4 aliphatic rings. The van der Waals surface area contributed by atoms with Crippen LogP contribution < -0.4 is 5.32 Å². The van der Waals surface area contributed by atoms with E-state index in [4.69, 9.17) is 9.47 Å². The first kappa shape index (κ1) is 21.9. The third-order valence-electron chi connectivity index (χ3n) is 8.23. The van der Waals surface area contributed by atoms with E-state index >= 15 is 0 Å². The van der Waals surface area contributed by atoms with Gasteiger partial charge < -0.3 is 19.7 Å². The lowest BCUT2D eigenvalue weighted by Crippen LogP contribution is -2.65. The number of hydrogen-bond donors (Lipinski definition) is 1. The molecule has 2 saturated heterocycles. The fraction of sp³-hybridized carbons (Fsp3) is 0.692. The Morgan fingerprint density at radius 1 is 1.16 bits per heavy atom. The van der Waals surface area contributed by atoms with Gasteiger partial charge in [0.25, 0.3) is 0 Å². The molecule has 0 radical (unpaired) electrons. The third-order valence-corrected chi connectivity index (χ3v) is 8.23. The second kappa shape index (κ2) is 9.14. The molecule has 5 rings (SSSR count). The van der Waals surface area contributed by atoms with Crippen molar-refractivity contribution in [2.45, 2.75) is 87.9 Å². The predicted molar refractivity (Wildman–Crippen MR) is 121 cm³/mol. The van der Waals surface area contributed by atoms with E-state index in [0.717, 1.165) is 51.4 Å². The number of likely N-dealkylation sites (tertiary alicyclic amines) is 1. The molecule has 2 saturated carbocycles. The number of ether oxygens (including phenoxy) is 2. The minimum atomic E-state index is -0.532. The lowest BCUT2D eigenvalue weighted by Gasteiger charge is -2.43. The predicted octanol–water partition coefficient (Wildman–Crippen LogP) is 3.40. The summed E-state index contributed by atoms with van der Waals surface area (Å²) in [5.74, 6) is 0.893. The maximum atomic E-state index is 13.3. The minimum Gasteiger partial charge on any atom is -0.376 e. The molecule has 3 atom stereocenters. The zero-order valence-corrected chi connectivity index (χ0v) is 19.1. The summed E-state index contributed by atoms with van der Waals surface area (Å²) in [4.78, 5) is 27.6. The summed E-state index contributed by atoms with van der Waals surface area (Å²) in [6, 6.07) is 10.7. The van der Waals surface area contributed by atoms with Crippen molar-refractivity contribution in [2.75, 3.05) is 19.8 Å². The largest absolute Gasteiger partial charge is 0.376 e. The highest BCUT2D eigenvalue weighted by Crippen LogP contribution is 2.40. The van der Waals surface area contributed by atoms with Crippen LogP contribution in [-0.2, 0) is 19.1 Å². The monoisotopic (exact) mass is 440 g/mol. The zero-order chi connectivity index (χ0) is 22.1. The summed E-state index contributed by atoms with van der Waals surface area (Å²) < 4.78 is 12.1. The van der Waals surface area contributed by atoms with Crippen LogP contribution in [-0.4, -0.2) is 60.3 Å². The topological polar surface area (TPSA) is 67.9 Å². The van der Waals surface area contributed by atoms with Crippen molar-refractivity contribution >= 4 is 11.8 Å². The fourth-order valence-corrected chi connectivity index (χ4v) is 6.29. The van der Waals surface area contributed by atoms with Crippen molar-refractivity contribution in [1.82, 2.24) is 10.2 Å². The molecule has 2 aliphatic carbocycles. The van der Waals surface area contributed by atoms with Crippen LogP contribution in [0.15, 0.2) is 30.3 Å². The average Bonchev–Trinajstić information content (AvgIpc) is 3.02. The number of amides is 2. The van der Waals surface area contributed by atoms with Gasteiger partial charge in [0.1, 0.15) is 6.61 Å². The van der Waals surface area contributed by atoms with Crippen molar-refractivity contribution < 1.29 is 19.1 Å². The summed E-state index contributed by atoms with van der Waals surface area (Å²) in [6.45, 7) is 3.12. The van der Waals surface area contributed by atoms with E-state index in [1.54, 1.807) is 0 Å². The molecular formula is C26H36N2O4. The van der Waals surface area contributed by atoms with E-state index in [9.17, 15) is 9.59 Å². The van der Waals surface area contributed by atoms with Gasteiger partial charge in [0.15, 0.2) is 0 Å². The average molecular weight is 441 g/mol. The highest BCUT2D eigenvalue weighted by atomic mass is 16.5. The first-order valence-electron chi connectivity index (χ1n) is 12.4. The summed E-state index contributed by atoms with van der Waals surface area (Å²) >= 11 is 0. The molecule has 32 heavy (non-hydrogen) atoms. The minimum absolute atomic E-state index is 0.0764. The standard InChI is InChI=1S/C26H36N2O4/c1-18-14-26(17-31-16-24(29)27-26)23(28(18)25(30)21-8-5-9-21)15-32-22-12-10-20(11-13-22)19-6-3-2-4-7-19/h2-4,6-7,18,20-23H,5,8-17H2,1H3,(H,27,29)/t18-,20-,22+,23+,26-/m1/s1. The van der Waals surface area contributed by atoms with E-state index in [-0.39, 0.29) is 42.5 Å². The lowest BCUT2D eigenvalue weighted by atomic mass is 9.82. The SMILES string of the molecule is C[C@@H]1C[C@@]2(COCC(=O)N2)[C@H](CO[C@H]2CC[C@@H](c3ccccc3)CC2)N1C(=O)C1CCC1. The number of rotatable bonds is 5. The summed E-state index contributed by atoms with van der Waals surface area (Å²) in [6.07, 6.45) is 8.37. The first-order chi connectivity index (χ1) is 15.6. The molecule has 6 nitrogen and oxygen atoms in total. The highest BCUT2D eigenvalue weighted by molar-refractivity contribution is 5.82. The van der Waals surface area contributed by atoms with Gasteiger partial charge in [-0.2, -0.15) is 0 Å². The summed E-state index contributed by atoms with van der Waals surface area (Å²) in [5.41, 5.74) is 0.893. The third kappa shape index (κ3) is 4.19. The van der Waals surface area contributed by atoms with Crippen LogP contribution in [0.5, 0.6) is 0 Å². The van der Waals surface area contributed by atoms with Crippen molar-refractivity contribution in [3.05, 3.63) is 35.9 Å². The Hall–Kier alpha value is -1.92. The Morgan fingerprint density at radius 2 is 1.91 bits per heavy atom. The van der Waals surface area contributed by atoms with Crippen LogP contribution in [0.25, 0.3) is 0 Å². The van der Waals surface area contributed by atoms with Crippen LogP contribution in [0.1, 0.15) is 69.8 Å². The first-order valence-corrected chi connectivity index (χ1v) is 12.4.